The van der Waals surface area contributed by atoms with E-state index in [0.29, 0.717) is 33.1 Å². The summed E-state index contributed by atoms with van der Waals surface area (Å²) in [4.78, 5) is 19.0. The Morgan fingerprint density at radius 2 is 1.76 bits per heavy atom. The predicted molar refractivity (Wildman–Crippen MR) is 130 cm³/mol. The largest absolute Gasteiger partial charge is 0.495 e. The lowest BCUT2D eigenvalue weighted by Crippen LogP contribution is -2.38. The van der Waals surface area contributed by atoms with Gasteiger partial charge in [-0.05, 0) is 35.9 Å². The number of amides is 1. The number of methoxy groups -OCH3 is 3. The molecule has 0 aromatic heterocycles. The van der Waals surface area contributed by atoms with Crippen molar-refractivity contribution >= 4 is 50.0 Å². The molecule has 1 amide bonds. The van der Waals surface area contributed by atoms with E-state index in [1.165, 1.54) is 26.0 Å². The van der Waals surface area contributed by atoms with E-state index in [1.54, 1.807) is 48.4 Å². The molecule has 2 aliphatic rings. The van der Waals surface area contributed by atoms with Gasteiger partial charge in [-0.3, -0.25) is 4.79 Å². The average molecular weight is 511 g/mol. The van der Waals surface area contributed by atoms with Gasteiger partial charge < -0.3 is 19.1 Å². The molecule has 0 bridgehead atoms. The van der Waals surface area contributed by atoms with E-state index in [9.17, 15) is 13.2 Å². The Bertz CT molecular complexity index is 1220. The number of rotatable bonds is 6. The lowest BCUT2D eigenvalue weighted by Gasteiger charge is -2.26. The average Bonchev–Trinajstić information content (AvgIpc) is 3.23. The molecule has 2 heterocycles. The molecular formula is C22H23ClN2O6S2. The normalized spacial score (nSPS) is 22.3. The van der Waals surface area contributed by atoms with E-state index >= 15 is 0 Å². The van der Waals surface area contributed by atoms with E-state index < -0.39 is 9.84 Å². The molecular weight excluding hydrogens is 488 g/mol. The molecule has 0 aliphatic carbocycles. The van der Waals surface area contributed by atoms with Crippen LogP contribution in [0, 0.1) is 0 Å². The first-order valence-corrected chi connectivity index (χ1v) is 13.1. The third kappa shape index (κ3) is 4.92. The van der Waals surface area contributed by atoms with Crippen LogP contribution in [0.1, 0.15) is 5.56 Å². The molecule has 2 atom stereocenters. The molecule has 0 saturated carbocycles. The van der Waals surface area contributed by atoms with Crippen molar-refractivity contribution in [2.75, 3.05) is 37.7 Å². The van der Waals surface area contributed by atoms with Crippen LogP contribution in [-0.2, 0) is 21.1 Å². The Morgan fingerprint density at radius 1 is 1.06 bits per heavy atom. The first-order chi connectivity index (χ1) is 15.7. The Hall–Kier alpha value is -2.43. The van der Waals surface area contributed by atoms with Crippen LogP contribution < -0.4 is 19.1 Å². The molecule has 2 aromatic carbocycles. The van der Waals surface area contributed by atoms with Crippen molar-refractivity contribution in [3.63, 3.8) is 0 Å². The maximum Gasteiger partial charge on any atom is 0.252 e. The minimum Gasteiger partial charge on any atom is -0.495 e. The van der Waals surface area contributed by atoms with Gasteiger partial charge in [0.15, 0.2) is 26.5 Å². The fourth-order valence-electron chi connectivity index (χ4n) is 4.01. The van der Waals surface area contributed by atoms with E-state index in [2.05, 4.69) is 4.99 Å². The first kappa shape index (κ1) is 23.7. The molecule has 33 heavy (non-hydrogen) atoms. The van der Waals surface area contributed by atoms with Gasteiger partial charge in [0.2, 0.25) is 0 Å². The zero-order valence-electron chi connectivity index (χ0n) is 18.3. The maximum absolute atomic E-state index is 12.9. The number of fused-ring (bicyclic) bond motifs is 1. The highest BCUT2D eigenvalue weighted by molar-refractivity contribution is 8.16. The number of hydrogen-bond acceptors (Lipinski definition) is 7. The minimum absolute atomic E-state index is 0.0246. The third-order valence-electron chi connectivity index (χ3n) is 5.49. The monoisotopic (exact) mass is 510 g/mol. The van der Waals surface area contributed by atoms with Crippen molar-refractivity contribution in [1.29, 1.82) is 0 Å². The van der Waals surface area contributed by atoms with Gasteiger partial charge in [-0.25, -0.2) is 8.42 Å². The van der Waals surface area contributed by atoms with Crippen molar-refractivity contribution < 1.29 is 27.4 Å². The topological polar surface area (TPSA) is 94.5 Å². The van der Waals surface area contributed by atoms with E-state index in [-0.39, 0.29) is 35.1 Å². The number of halogens is 1. The van der Waals surface area contributed by atoms with Crippen LogP contribution in [0.4, 0.5) is 5.69 Å². The standard InChI is InChI=1S/C22H23ClN2O6S2/c1-29-17-7-5-14(23)10-15(17)25-16-11-33(27,28)12-20(16)32-22(25)24-21(26)9-13-4-6-18(30-2)19(8-13)31-3/h4-8,10,16,20H,9,11-12H2,1-3H3. The summed E-state index contributed by atoms with van der Waals surface area (Å²) in [6.45, 7) is 0. The molecule has 8 nitrogen and oxygen atoms in total. The molecule has 0 spiro atoms. The number of aliphatic imine (C=N–C) groups is 1. The van der Waals surface area contributed by atoms with E-state index in [0.717, 1.165) is 5.56 Å². The van der Waals surface area contributed by atoms with Crippen LogP contribution in [0.15, 0.2) is 41.4 Å². The third-order valence-corrected chi connectivity index (χ3v) is 8.94. The van der Waals surface area contributed by atoms with Crippen LogP contribution >= 0.6 is 23.4 Å². The molecule has 4 rings (SSSR count). The SMILES string of the molecule is COc1ccc(CC(=O)N=C2SC3CS(=O)(=O)CC3N2c2cc(Cl)ccc2OC)cc1OC. The van der Waals surface area contributed by atoms with Crippen molar-refractivity contribution in [2.45, 2.75) is 17.7 Å². The summed E-state index contributed by atoms with van der Waals surface area (Å²) in [7, 11) is 1.41. The molecule has 0 radical (unpaired) electrons. The van der Waals surface area contributed by atoms with Crippen molar-refractivity contribution in [2.24, 2.45) is 4.99 Å². The van der Waals surface area contributed by atoms with Crippen LogP contribution in [0.2, 0.25) is 5.02 Å². The van der Waals surface area contributed by atoms with Gasteiger partial charge in [-0.2, -0.15) is 4.99 Å². The van der Waals surface area contributed by atoms with Crippen LogP contribution in [-0.4, -0.2) is 63.6 Å². The van der Waals surface area contributed by atoms with Crippen LogP contribution in [0.5, 0.6) is 17.2 Å². The van der Waals surface area contributed by atoms with Gasteiger partial charge in [0.25, 0.3) is 5.91 Å². The summed E-state index contributed by atoms with van der Waals surface area (Å²) in [5, 5.41) is 0.674. The van der Waals surface area contributed by atoms with E-state index in [4.69, 9.17) is 25.8 Å². The number of nitrogens with zero attached hydrogens (tertiary/aromatic N) is 2. The zero-order valence-corrected chi connectivity index (χ0v) is 20.7. The smallest absolute Gasteiger partial charge is 0.252 e. The van der Waals surface area contributed by atoms with Gasteiger partial charge in [0.1, 0.15) is 5.75 Å². The first-order valence-electron chi connectivity index (χ1n) is 10.1. The van der Waals surface area contributed by atoms with Crippen LogP contribution in [0.25, 0.3) is 0 Å². The second kappa shape index (κ2) is 9.44. The number of amidine groups is 1. The van der Waals surface area contributed by atoms with Crippen molar-refractivity contribution in [3.8, 4) is 17.2 Å². The molecule has 2 unspecified atom stereocenters. The second-order valence-corrected chi connectivity index (χ2v) is 11.4. The van der Waals surface area contributed by atoms with Crippen molar-refractivity contribution in [3.05, 3.63) is 47.0 Å². The van der Waals surface area contributed by atoms with Crippen LogP contribution in [0.3, 0.4) is 0 Å². The fourth-order valence-corrected chi connectivity index (χ4v) is 8.10. The number of carbonyl (C=O) groups is 1. The number of benzene rings is 2. The molecule has 2 fully saturated rings. The highest BCUT2D eigenvalue weighted by Gasteiger charge is 2.50. The molecule has 176 valence electrons. The predicted octanol–water partition coefficient (Wildman–Crippen LogP) is 3.21. The second-order valence-electron chi connectivity index (χ2n) is 7.64. The number of sulfone groups is 1. The van der Waals surface area contributed by atoms with E-state index in [1.807, 2.05) is 0 Å². The number of hydrogen-bond donors (Lipinski definition) is 0. The molecule has 2 aliphatic heterocycles. The lowest BCUT2D eigenvalue weighted by atomic mass is 10.1. The van der Waals surface area contributed by atoms with Gasteiger partial charge in [0, 0.05) is 10.3 Å². The number of thioether (sulfide) groups is 1. The Morgan fingerprint density at radius 3 is 2.45 bits per heavy atom. The maximum atomic E-state index is 12.9. The van der Waals surface area contributed by atoms with Crippen molar-refractivity contribution in [1.82, 2.24) is 0 Å². The zero-order chi connectivity index (χ0) is 23.8. The summed E-state index contributed by atoms with van der Waals surface area (Å²) < 4.78 is 40.6. The molecule has 0 N–H and O–H groups in total. The summed E-state index contributed by atoms with van der Waals surface area (Å²) in [5.74, 6) is 1.26. The lowest BCUT2D eigenvalue weighted by molar-refractivity contribution is -0.117. The van der Waals surface area contributed by atoms with Gasteiger partial charge in [-0.1, -0.05) is 29.4 Å². The summed E-state index contributed by atoms with van der Waals surface area (Å²) in [5.41, 5.74) is 1.31. The summed E-state index contributed by atoms with van der Waals surface area (Å²) in [6, 6.07) is 9.98. The number of carbonyl (C=O) groups excluding carboxylic acids is 1. The fraction of sp³-hybridized carbons (Fsp3) is 0.364. The minimum atomic E-state index is -3.19. The molecule has 2 aromatic rings. The van der Waals surface area contributed by atoms with Gasteiger partial charge in [-0.15, -0.1) is 0 Å². The highest BCUT2D eigenvalue weighted by atomic mass is 35.5. The van der Waals surface area contributed by atoms with Gasteiger partial charge in [0.05, 0.1) is 51.0 Å². The quantitative estimate of drug-likeness (QED) is 0.584. The highest BCUT2D eigenvalue weighted by Crippen LogP contribution is 2.44. The number of ether oxygens (including phenoxy) is 3. The Labute approximate surface area is 201 Å². The van der Waals surface area contributed by atoms with Gasteiger partial charge >= 0.3 is 0 Å². The molecule has 2 saturated heterocycles. The summed E-state index contributed by atoms with van der Waals surface area (Å²) >= 11 is 7.53. The molecule has 11 heteroatoms. The number of anilines is 1. The Balaban J connectivity index is 1.67. The summed E-state index contributed by atoms with van der Waals surface area (Å²) in [6.07, 6.45) is 0.0541. The Kier molecular flexibility index (Phi) is 6.78.